The summed E-state index contributed by atoms with van der Waals surface area (Å²) < 4.78 is 0. The number of carbonyl (C=O) groups is 2. The van der Waals surface area contributed by atoms with Crippen LogP contribution < -0.4 is 0 Å². The molecule has 5 heteroatoms. The zero-order valence-electron chi connectivity index (χ0n) is 18.6. The molecule has 0 unspecified atom stereocenters. The van der Waals surface area contributed by atoms with Crippen LogP contribution in [0.15, 0.2) is 0 Å². The van der Waals surface area contributed by atoms with Crippen molar-refractivity contribution in [2.24, 2.45) is 46.3 Å². The Morgan fingerprint density at radius 3 is 2.55 bits per heavy atom. The standard InChI is InChI=1S/C24H39BO4/c1-13(5-4-10-26)15-6-7-16-20-17(12-19(28)24(15,16)3)23(2)9-8-14(27)11-18(23)21(25)22(20)29/h10,13-21,27-28H,4-9,11-12,25H2,1-3H3/t13-,14-,15-,16+,17+,18+,19+,20+,21-,23-,24-/m1/s1. The molecule has 0 amide bonds. The summed E-state index contributed by atoms with van der Waals surface area (Å²) in [6, 6.07) is 0. The Kier molecular flexibility index (Phi) is 5.56. The van der Waals surface area contributed by atoms with Crippen LogP contribution in [-0.2, 0) is 9.59 Å². The van der Waals surface area contributed by atoms with Gasteiger partial charge < -0.3 is 15.0 Å². The smallest absolute Gasteiger partial charge is 0.132 e. The molecule has 0 spiro atoms. The van der Waals surface area contributed by atoms with E-state index >= 15 is 0 Å². The lowest BCUT2D eigenvalue weighted by Crippen LogP contribution is -2.62. The minimum absolute atomic E-state index is 0.00206. The van der Waals surface area contributed by atoms with E-state index in [-0.39, 0.29) is 52.5 Å². The summed E-state index contributed by atoms with van der Waals surface area (Å²) in [4.78, 5) is 24.6. The van der Waals surface area contributed by atoms with Crippen LogP contribution in [0, 0.1) is 46.3 Å². The Morgan fingerprint density at radius 2 is 1.86 bits per heavy atom. The third-order valence-corrected chi connectivity index (χ3v) is 10.5. The van der Waals surface area contributed by atoms with Gasteiger partial charge in [-0.25, -0.2) is 0 Å². The van der Waals surface area contributed by atoms with Gasteiger partial charge in [0.2, 0.25) is 0 Å². The lowest BCUT2D eigenvalue weighted by atomic mass is 9.39. The van der Waals surface area contributed by atoms with Crippen molar-refractivity contribution in [1.29, 1.82) is 0 Å². The van der Waals surface area contributed by atoms with E-state index in [1.165, 1.54) is 0 Å². The van der Waals surface area contributed by atoms with Crippen LogP contribution in [0.4, 0.5) is 0 Å². The first-order valence-corrected chi connectivity index (χ1v) is 12.0. The molecule has 0 aromatic heterocycles. The molecule has 162 valence electrons. The fourth-order valence-electron chi connectivity index (χ4n) is 8.82. The molecule has 4 aliphatic rings. The van der Waals surface area contributed by atoms with Crippen molar-refractivity contribution < 1.29 is 19.8 Å². The van der Waals surface area contributed by atoms with Crippen LogP contribution in [0.5, 0.6) is 0 Å². The predicted molar refractivity (Wildman–Crippen MR) is 115 cm³/mol. The maximum atomic E-state index is 13.7. The second kappa shape index (κ2) is 7.48. The van der Waals surface area contributed by atoms with Gasteiger partial charge in [0.05, 0.1) is 12.2 Å². The van der Waals surface area contributed by atoms with Gasteiger partial charge >= 0.3 is 0 Å². The quantitative estimate of drug-likeness (QED) is 0.560. The van der Waals surface area contributed by atoms with Gasteiger partial charge in [-0.05, 0) is 85.8 Å². The SMILES string of the molecule is B[C@H]1C(=O)[C@@H]2[C@H](C[C@H](O)[C@]3(C)[C@@H]([C@H](C)CCC=O)CC[C@@H]23)[C@@]2(C)CC[C@@H](O)C[C@@H]12. The van der Waals surface area contributed by atoms with E-state index in [9.17, 15) is 19.8 Å². The molecule has 0 aromatic rings. The molecular formula is C24H39BO4. The molecule has 4 nitrogen and oxygen atoms in total. The second-order valence-corrected chi connectivity index (χ2v) is 11.5. The Morgan fingerprint density at radius 1 is 1.14 bits per heavy atom. The average molecular weight is 402 g/mol. The molecule has 0 saturated heterocycles. The first kappa shape index (κ1) is 21.6. The Labute approximate surface area is 176 Å². The number of aldehydes is 1. The van der Waals surface area contributed by atoms with Crippen molar-refractivity contribution in [3.05, 3.63) is 0 Å². The van der Waals surface area contributed by atoms with Crippen molar-refractivity contribution in [2.75, 3.05) is 0 Å². The van der Waals surface area contributed by atoms with Crippen LogP contribution in [0.1, 0.15) is 72.1 Å². The summed E-state index contributed by atoms with van der Waals surface area (Å²) in [5, 5.41) is 21.8. The lowest BCUT2D eigenvalue weighted by molar-refractivity contribution is -0.181. The number of carbonyl (C=O) groups excluding carboxylic acids is 2. The highest BCUT2D eigenvalue weighted by molar-refractivity contribution is 6.25. The number of aliphatic hydroxyl groups is 2. The monoisotopic (exact) mass is 402 g/mol. The Bertz CT molecular complexity index is 667. The van der Waals surface area contributed by atoms with Gasteiger partial charge in [-0.1, -0.05) is 20.8 Å². The number of ketones is 1. The van der Waals surface area contributed by atoms with E-state index in [0.717, 1.165) is 51.2 Å². The van der Waals surface area contributed by atoms with E-state index in [0.29, 0.717) is 24.0 Å². The van der Waals surface area contributed by atoms with Crippen molar-refractivity contribution in [3.63, 3.8) is 0 Å². The normalized spacial score (nSPS) is 52.9. The highest BCUT2D eigenvalue weighted by Gasteiger charge is 2.67. The molecule has 2 N–H and O–H groups in total. The Hall–Kier alpha value is -0.675. The number of hydrogen-bond acceptors (Lipinski definition) is 4. The van der Waals surface area contributed by atoms with Crippen molar-refractivity contribution in [3.8, 4) is 0 Å². The van der Waals surface area contributed by atoms with Gasteiger partial charge in [-0.15, -0.1) is 0 Å². The molecule has 0 bridgehead atoms. The zero-order valence-corrected chi connectivity index (χ0v) is 18.6. The first-order chi connectivity index (χ1) is 13.7. The van der Waals surface area contributed by atoms with Crippen molar-refractivity contribution >= 4 is 19.9 Å². The summed E-state index contributed by atoms with van der Waals surface area (Å²) in [5.74, 6) is 1.95. The number of hydrogen-bond donors (Lipinski definition) is 2. The van der Waals surface area contributed by atoms with Gasteiger partial charge in [0.25, 0.3) is 0 Å². The van der Waals surface area contributed by atoms with Gasteiger partial charge in [-0.3, -0.25) is 4.79 Å². The molecule has 0 heterocycles. The summed E-state index contributed by atoms with van der Waals surface area (Å²) >= 11 is 0. The number of Topliss-reactive ketones (excluding diaryl/α,β-unsaturated/α-hetero) is 1. The molecule has 4 fully saturated rings. The maximum Gasteiger partial charge on any atom is 0.132 e. The van der Waals surface area contributed by atoms with Crippen molar-refractivity contribution in [1.82, 2.24) is 0 Å². The van der Waals surface area contributed by atoms with Crippen LogP contribution in [-0.4, -0.2) is 42.3 Å². The predicted octanol–water partition coefficient (Wildman–Crippen LogP) is 2.80. The van der Waals surface area contributed by atoms with Crippen LogP contribution in [0.25, 0.3) is 0 Å². The second-order valence-electron chi connectivity index (χ2n) is 11.5. The molecule has 0 aliphatic heterocycles. The lowest BCUT2D eigenvalue weighted by Gasteiger charge is -2.63. The minimum atomic E-state index is -0.384. The largest absolute Gasteiger partial charge is 0.393 e. The molecule has 0 radical (unpaired) electrons. The van der Waals surface area contributed by atoms with Crippen LogP contribution in [0.3, 0.4) is 0 Å². The molecular weight excluding hydrogens is 363 g/mol. The minimum Gasteiger partial charge on any atom is -0.393 e. The molecule has 4 aliphatic carbocycles. The van der Waals surface area contributed by atoms with Gasteiger partial charge in [0.15, 0.2) is 0 Å². The highest BCUT2D eigenvalue weighted by Crippen LogP contribution is 2.68. The number of aliphatic hydroxyl groups excluding tert-OH is 2. The third-order valence-electron chi connectivity index (χ3n) is 10.5. The van der Waals surface area contributed by atoms with E-state index < -0.39 is 0 Å². The van der Waals surface area contributed by atoms with Gasteiger partial charge in [-0.2, -0.15) is 0 Å². The molecule has 0 aromatic carbocycles. The summed E-state index contributed by atoms with van der Waals surface area (Å²) in [6.07, 6.45) is 7.11. The molecule has 11 atom stereocenters. The van der Waals surface area contributed by atoms with E-state index in [4.69, 9.17) is 0 Å². The van der Waals surface area contributed by atoms with E-state index in [1.807, 2.05) is 0 Å². The molecule has 29 heavy (non-hydrogen) atoms. The summed E-state index contributed by atoms with van der Waals surface area (Å²) in [6.45, 7) is 6.81. The maximum absolute atomic E-state index is 13.7. The first-order valence-electron chi connectivity index (χ1n) is 12.0. The van der Waals surface area contributed by atoms with Crippen LogP contribution >= 0.6 is 0 Å². The van der Waals surface area contributed by atoms with E-state index in [1.54, 1.807) is 0 Å². The summed E-state index contributed by atoms with van der Waals surface area (Å²) in [7, 11) is 2.10. The number of rotatable bonds is 4. The third kappa shape index (κ3) is 3.01. The number of fused-ring (bicyclic) bond motifs is 5. The van der Waals surface area contributed by atoms with Crippen molar-refractivity contribution in [2.45, 2.75) is 90.2 Å². The van der Waals surface area contributed by atoms with Gasteiger partial charge in [0.1, 0.15) is 19.9 Å². The highest BCUT2D eigenvalue weighted by atomic mass is 16.3. The zero-order chi connectivity index (χ0) is 21.1. The Balaban J connectivity index is 1.68. The molecule has 4 saturated carbocycles. The van der Waals surface area contributed by atoms with E-state index in [2.05, 4.69) is 28.6 Å². The fourth-order valence-corrected chi connectivity index (χ4v) is 8.82. The average Bonchev–Trinajstić information content (AvgIpc) is 3.05. The summed E-state index contributed by atoms with van der Waals surface area (Å²) in [5.41, 5.74) is -0.184. The topological polar surface area (TPSA) is 74.6 Å². The fraction of sp³-hybridized carbons (Fsp3) is 0.917. The molecule has 4 rings (SSSR count). The van der Waals surface area contributed by atoms with Crippen LogP contribution in [0.2, 0.25) is 5.82 Å². The van der Waals surface area contributed by atoms with Gasteiger partial charge in [0, 0.05) is 17.8 Å².